The van der Waals surface area contributed by atoms with Crippen LogP contribution in [0.5, 0.6) is 0 Å². The van der Waals surface area contributed by atoms with Gasteiger partial charge in [-0.2, -0.15) is 0 Å². The summed E-state index contributed by atoms with van der Waals surface area (Å²) in [7, 11) is 2.08. The number of nitrogens with one attached hydrogen (secondary N) is 2. The van der Waals surface area contributed by atoms with Crippen LogP contribution >= 0.6 is 0 Å². The smallest absolute Gasteiger partial charge is 0.266 e. The summed E-state index contributed by atoms with van der Waals surface area (Å²) in [5, 5.41) is 6.15. The summed E-state index contributed by atoms with van der Waals surface area (Å²) in [6, 6.07) is 4.21. The molecule has 2 aliphatic carbocycles. The standard InChI is InChI=1S/C27H32F4N4O2/c1-15(18-4-3-5-19(23(18)29)25(30)31)32-26(37)20-13-35(27(14-28)8-9-27)22(36)10-21(20)33-24-16-6-7-17(24)12-34(2)11-16/h3-5,10,13,15-17,24-25,33H,6-9,11-12,14H2,1-2H3,(H,32,37)/t15-,16-,17+,24?/m1/s1. The van der Waals surface area contributed by atoms with Crippen LogP contribution in [-0.4, -0.2) is 48.2 Å². The number of benzene rings is 1. The van der Waals surface area contributed by atoms with Crippen molar-refractivity contribution in [1.29, 1.82) is 0 Å². The number of anilines is 1. The minimum Gasteiger partial charge on any atom is -0.381 e. The Hall–Kier alpha value is -2.88. The van der Waals surface area contributed by atoms with Crippen LogP contribution in [0.4, 0.5) is 23.2 Å². The number of likely N-dealkylation sites (tertiary alicyclic amines) is 1. The average Bonchev–Trinajstić information content (AvgIpc) is 3.60. The molecule has 2 bridgehead atoms. The maximum Gasteiger partial charge on any atom is 0.266 e. The van der Waals surface area contributed by atoms with Crippen molar-refractivity contribution in [3.8, 4) is 0 Å². The summed E-state index contributed by atoms with van der Waals surface area (Å²) in [6.45, 7) is 2.61. The number of carbonyl (C=O) groups excluding carboxylic acids is 1. The van der Waals surface area contributed by atoms with Crippen molar-refractivity contribution < 1.29 is 22.4 Å². The molecule has 1 unspecified atom stereocenters. The zero-order valence-electron chi connectivity index (χ0n) is 20.9. The lowest BCUT2D eigenvalue weighted by Crippen LogP contribution is -2.47. The number of rotatable bonds is 8. The summed E-state index contributed by atoms with van der Waals surface area (Å²) >= 11 is 0. The SMILES string of the molecule is C[C@@H](NC(=O)c1cn(C2(CF)CC2)c(=O)cc1NC1[C@@H]2CC[C@H]1CN(C)C2)c1cccc(C(F)F)c1F. The van der Waals surface area contributed by atoms with Gasteiger partial charge in [-0.1, -0.05) is 18.2 Å². The van der Waals surface area contributed by atoms with Crippen LogP contribution in [0.25, 0.3) is 0 Å². The lowest BCUT2D eigenvalue weighted by molar-refractivity contribution is 0.0938. The Kier molecular flexibility index (Phi) is 6.81. The number of piperidine rings is 1. The summed E-state index contributed by atoms with van der Waals surface area (Å²) in [5.74, 6) is -0.924. The van der Waals surface area contributed by atoms with Crippen LogP contribution in [0.1, 0.15) is 66.6 Å². The van der Waals surface area contributed by atoms with Crippen LogP contribution in [-0.2, 0) is 5.54 Å². The first-order chi connectivity index (χ1) is 17.6. The Bertz CT molecular complexity index is 1230. The number of aromatic nitrogens is 1. The predicted octanol–water partition coefficient (Wildman–Crippen LogP) is 4.63. The number of amides is 1. The number of fused-ring (bicyclic) bond motifs is 2. The first-order valence-electron chi connectivity index (χ1n) is 12.8. The lowest BCUT2D eigenvalue weighted by Gasteiger charge is -2.37. The summed E-state index contributed by atoms with van der Waals surface area (Å²) in [5.41, 5.74) is -1.63. The normalized spacial score (nSPS) is 25.2. The van der Waals surface area contributed by atoms with Crippen molar-refractivity contribution in [2.24, 2.45) is 11.8 Å². The molecular weight excluding hydrogens is 488 g/mol. The molecule has 10 heteroatoms. The molecule has 6 nitrogen and oxygen atoms in total. The number of halogens is 4. The molecule has 3 aliphatic rings. The largest absolute Gasteiger partial charge is 0.381 e. The van der Waals surface area contributed by atoms with Crippen molar-refractivity contribution in [2.45, 2.75) is 56.7 Å². The van der Waals surface area contributed by atoms with Crippen LogP contribution in [0.15, 0.2) is 35.3 Å². The van der Waals surface area contributed by atoms with E-state index in [2.05, 4.69) is 22.6 Å². The minimum absolute atomic E-state index is 0.0650. The van der Waals surface area contributed by atoms with E-state index in [-0.39, 0.29) is 17.2 Å². The van der Waals surface area contributed by atoms with Gasteiger partial charge in [0, 0.05) is 37.0 Å². The average molecular weight is 521 g/mol. The monoisotopic (exact) mass is 520 g/mol. The van der Waals surface area contributed by atoms with Gasteiger partial charge in [0.15, 0.2) is 0 Å². The molecule has 1 aromatic heterocycles. The summed E-state index contributed by atoms with van der Waals surface area (Å²) in [4.78, 5) is 28.8. The zero-order valence-corrected chi connectivity index (χ0v) is 20.9. The Morgan fingerprint density at radius 3 is 2.41 bits per heavy atom. The Labute approximate surface area is 213 Å². The number of hydrogen-bond donors (Lipinski definition) is 2. The second kappa shape index (κ2) is 9.78. The van der Waals surface area contributed by atoms with Crippen molar-refractivity contribution >= 4 is 11.6 Å². The van der Waals surface area contributed by atoms with E-state index in [0.717, 1.165) is 32.0 Å². The molecule has 2 saturated carbocycles. The van der Waals surface area contributed by atoms with E-state index in [9.17, 15) is 27.2 Å². The molecule has 3 fully saturated rings. The highest BCUT2D eigenvalue weighted by atomic mass is 19.3. The van der Waals surface area contributed by atoms with Gasteiger partial charge in [-0.15, -0.1) is 0 Å². The third kappa shape index (κ3) is 4.76. The van der Waals surface area contributed by atoms with Gasteiger partial charge in [0.25, 0.3) is 17.9 Å². The van der Waals surface area contributed by atoms with Gasteiger partial charge in [0.1, 0.15) is 12.5 Å². The fraction of sp³-hybridized carbons (Fsp3) is 0.556. The molecule has 1 aliphatic heterocycles. The second-order valence-electron chi connectivity index (χ2n) is 10.9. The van der Waals surface area contributed by atoms with E-state index >= 15 is 0 Å². The second-order valence-corrected chi connectivity index (χ2v) is 10.9. The molecule has 200 valence electrons. The van der Waals surface area contributed by atoms with Gasteiger partial charge in [-0.25, -0.2) is 17.6 Å². The lowest BCUT2D eigenvalue weighted by atomic mass is 9.92. The highest BCUT2D eigenvalue weighted by molar-refractivity contribution is 5.99. The van der Waals surface area contributed by atoms with Crippen LogP contribution < -0.4 is 16.2 Å². The van der Waals surface area contributed by atoms with Crippen LogP contribution in [0.3, 0.4) is 0 Å². The Morgan fingerprint density at radius 2 is 1.81 bits per heavy atom. The molecular formula is C27H32F4N4O2. The quantitative estimate of drug-likeness (QED) is 0.499. The molecule has 1 aromatic carbocycles. The number of hydrogen-bond acceptors (Lipinski definition) is 4. The number of nitrogens with zero attached hydrogens (tertiary/aromatic N) is 2. The van der Waals surface area contributed by atoms with Crippen molar-refractivity contribution in [2.75, 3.05) is 32.1 Å². The molecule has 2 aromatic rings. The molecule has 1 saturated heterocycles. The fourth-order valence-electron chi connectivity index (χ4n) is 6.08. The van der Waals surface area contributed by atoms with Crippen molar-refractivity contribution in [3.63, 3.8) is 0 Å². The topological polar surface area (TPSA) is 66.4 Å². The molecule has 1 amide bonds. The summed E-state index contributed by atoms with van der Waals surface area (Å²) in [6.07, 6.45) is 1.50. The molecule has 0 spiro atoms. The van der Waals surface area contributed by atoms with Crippen LogP contribution in [0.2, 0.25) is 0 Å². The predicted molar refractivity (Wildman–Crippen MR) is 132 cm³/mol. The van der Waals surface area contributed by atoms with Gasteiger partial charge in [0.05, 0.1) is 28.4 Å². The Morgan fingerprint density at radius 1 is 1.16 bits per heavy atom. The highest BCUT2D eigenvalue weighted by Gasteiger charge is 2.46. The van der Waals surface area contributed by atoms with Gasteiger partial charge >= 0.3 is 0 Å². The summed E-state index contributed by atoms with van der Waals surface area (Å²) < 4.78 is 56.3. The van der Waals surface area contributed by atoms with E-state index in [1.165, 1.54) is 35.9 Å². The van der Waals surface area contributed by atoms with Gasteiger partial charge in [-0.05, 0) is 51.5 Å². The van der Waals surface area contributed by atoms with E-state index < -0.39 is 47.5 Å². The molecule has 37 heavy (non-hydrogen) atoms. The molecule has 2 heterocycles. The molecule has 0 radical (unpaired) electrons. The third-order valence-electron chi connectivity index (χ3n) is 8.33. The van der Waals surface area contributed by atoms with Gasteiger partial charge in [-0.3, -0.25) is 9.59 Å². The van der Waals surface area contributed by atoms with Crippen LogP contribution in [0, 0.1) is 17.7 Å². The van der Waals surface area contributed by atoms with E-state index in [4.69, 9.17) is 0 Å². The minimum atomic E-state index is -2.98. The van der Waals surface area contributed by atoms with Gasteiger partial charge < -0.3 is 20.1 Å². The van der Waals surface area contributed by atoms with E-state index in [0.29, 0.717) is 30.4 Å². The Balaban J connectivity index is 1.47. The number of carbonyl (C=O) groups is 1. The maximum absolute atomic E-state index is 14.7. The molecule has 5 rings (SSSR count). The van der Waals surface area contributed by atoms with Crippen molar-refractivity contribution in [1.82, 2.24) is 14.8 Å². The maximum atomic E-state index is 14.7. The van der Waals surface area contributed by atoms with Crippen molar-refractivity contribution in [3.05, 3.63) is 63.3 Å². The number of pyridine rings is 1. The van der Waals surface area contributed by atoms with Gasteiger partial charge in [0.2, 0.25) is 0 Å². The number of alkyl halides is 3. The zero-order chi connectivity index (χ0) is 26.5. The van der Waals surface area contributed by atoms with E-state index in [1.54, 1.807) is 0 Å². The first-order valence-corrected chi connectivity index (χ1v) is 12.8. The first kappa shape index (κ1) is 25.8. The molecule has 4 atom stereocenters. The third-order valence-corrected chi connectivity index (χ3v) is 8.33. The molecule has 2 N–H and O–H groups in total. The fourth-order valence-corrected chi connectivity index (χ4v) is 6.08. The van der Waals surface area contributed by atoms with E-state index in [1.807, 2.05) is 0 Å². The highest BCUT2D eigenvalue weighted by Crippen LogP contribution is 2.44.